The van der Waals surface area contributed by atoms with Crippen LogP contribution in [0.25, 0.3) is 0 Å². The van der Waals surface area contributed by atoms with E-state index in [4.69, 9.17) is 0 Å². The van der Waals surface area contributed by atoms with Gasteiger partial charge in [0.1, 0.15) is 0 Å². The molecular formula is C26H30N2O3S. The van der Waals surface area contributed by atoms with Gasteiger partial charge in [0, 0.05) is 5.56 Å². The Morgan fingerprint density at radius 1 is 0.906 bits per heavy atom. The number of nitrogens with one attached hydrogen (secondary N) is 1. The highest BCUT2D eigenvalue weighted by molar-refractivity contribution is 7.92. The molecule has 6 heteroatoms. The van der Waals surface area contributed by atoms with Crippen molar-refractivity contribution in [2.45, 2.75) is 39.8 Å². The molecule has 0 fully saturated rings. The van der Waals surface area contributed by atoms with Crippen LogP contribution in [0.2, 0.25) is 0 Å². The highest BCUT2D eigenvalue weighted by atomic mass is 32.2. The van der Waals surface area contributed by atoms with E-state index < -0.39 is 10.0 Å². The van der Waals surface area contributed by atoms with Crippen LogP contribution >= 0.6 is 0 Å². The minimum absolute atomic E-state index is 0.137. The maximum Gasteiger partial charge on any atom is 0.251 e. The molecule has 0 aliphatic heterocycles. The minimum Gasteiger partial charge on any atom is -0.346 e. The van der Waals surface area contributed by atoms with E-state index in [9.17, 15) is 13.2 Å². The van der Waals surface area contributed by atoms with Crippen molar-refractivity contribution < 1.29 is 13.2 Å². The molecule has 0 unspecified atom stereocenters. The monoisotopic (exact) mass is 450 g/mol. The molecule has 168 valence electrons. The Labute approximate surface area is 191 Å². The summed E-state index contributed by atoms with van der Waals surface area (Å²) >= 11 is 0. The second-order valence-electron chi connectivity index (χ2n) is 8.09. The molecule has 1 N–H and O–H groups in total. The van der Waals surface area contributed by atoms with Crippen molar-refractivity contribution >= 4 is 21.6 Å². The van der Waals surface area contributed by atoms with Gasteiger partial charge in [-0.3, -0.25) is 9.10 Å². The van der Waals surface area contributed by atoms with Crippen LogP contribution in [-0.4, -0.2) is 20.6 Å². The first-order valence-electron chi connectivity index (χ1n) is 10.7. The summed E-state index contributed by atoms with van der Waals surface area (Å²) < 4.78 is 26.2. The summed E-state index contributed by atoms with van der Waals surface area (Å²) in [6.45, 7) is 6.27. The number of amides is 1. The van der Waals surface area contributed by atoms with E-state index in [0.717, 1.165) is 23.1 Å². The van der Waals surface area contributed by atoms with Crippen LogP contribution in [0.1, 0.15) is 52.5 Å². The molecule has 1 amide bonds. The third kappa shape index (κ3) is 5.98. The zero-order valence-corrected chi connectivity index (χ0v) is 19.8. The van der Waals surface area contributed by atoms with Crippen molar-refractivity contribution in [1.29, 1.82) is 0 Å². The van der Waals surface area contributed by atoms with E-state index in [1.54, 1.807) is 24.3 Å². The number of hydrogen-bond donors (Lipinski definition) is 1. The van der Waals surface area contributed by atoms with Crippen molar-refractivity contribution in [3.05, 3.63) is 101 Å². The number of benzene rings is 3. The minimum atomic E-state index is -3.49. The molecule has 3 rings (SSSR count). The number of nitrogens with zero attached hydrogens (tertiary/aromatic N) is 1. The van der Waals surface area contributed by atoms with Crippen molar-refractivity contribution in [1.82, 2.24) is 5.32 Å². The first-order chi connectivity index (χ1) is 15.2. The quantitative estimate of drug-likeness (QED) is 0.524. The van der Waals surface area contributed by atoms with Gasteiger partial charge in [-0.15, -0.1) is 0 Å². The van der Waals surface area contributed by atoms with Crippen molar-refractivity contribution in [3.8, 4) is 0 Å². The lowest BCUT2D eigenvalue weighted by Gasteiger charge is -2.23. The predicted octanol–water partition coefficient (Wildman–Crippen LogP) is 5.01. The molecule has 0 saturated carbocycles. The highest BCUT2D eigenvalue weighted by Crippen LogP contribution is 2.22. The summed E-state index contributed by atoms with van der Waals surface area (Å²) in [6.07, 6.45) is 2.16. The van der Waals surface area contributed by atoms with Gasteiger partial charge in [0.2, 0.25) is 10.0 Å². The fourth-order valence-corrected chi connectivity index (χ4v) is 4.33. The van der Waals surface area contributed by atoms with E-state index in [2.05, 4.69) is 24.4 Å². The smallest absolute Gasteiger partial charge is 0.251 e. The molecule has 5 nitrogen and oxygen atoms in total. The predicted molar refractivity (Wildman–Crippen MR) is 130 cm³/mol. The van der Waals surface area contributed by atoms with Gasteiger partial charge >= 0.3 is 0 Å². The summed E-state index contributed by atoms with van der Waals surface area (Å²) in [6, 6.07) is 22.5. The van der Waals surface area contributed by atoms with Crippen molar-refractivity contribution in [2.75, 3.05) is 10.6 Å². The maximum atomic E-state index is 12.7. The van der Waals surface area contributed by atoms with E-state index in [-0.39, 0.29) is 18.5 Å². The van der Waals surface area contributed by atoms with Crippen LogP contribution < -0.4 is 9.62 Å². The van der Waals surface area contributed by atoms with Crippen LogP contribution in [0.4, 0.5) is 5.69 Å². The van der Waals surface area contributed by atoms with Crippen molar-refractivity contribution in [2.24, 2.45) is 0 Å². The third-order valence-corrected chi connectivity index (χ3v) is 6.64. The number of aryl methyl sites for hydroxylation is 2. The van der Waals surface area contributed by atoms with Crippen LogP contribution in [-0.2, 0) is 23.0 Å². The second kappa shape index (κ2) is 10.0. The first-order valence-corrected chi connectivity index (χ1v) is 12.5. The highest BCUT2D eigenvalue weighted by Gasteiger charge is 2.19. The van der Waals surface area contributed by atoms with Gasteiger partial charge in [-0.05, 0) is 61.2 Å². The first kappa shape index (κ1) is 23.5. The van der Waals surface area contributed by atoms with Gasteiger partial charge in [-0.2, -0.15) is 0 Å². The lowest BCUT2D eigenvalue weighted by molar-refractivity contribution is 0.0940. The van der Waals surface area contributed by atoms with Gasteiger partial charge in [0.25, 0.3) is 5.91 Å². The van der Waals surface area contributed by atoms with Crippen LogP contribution in [0.3, 0.4) is 0 Å². The van der Waals surface area contributed by atoms with E-state index >= 15 is 0 Å². The lowest BCUT2D eigenvalue weighted by atomic mass is 10.0. The van der Waals surface area contributed by atoms with Crippen LogP contribution in [0.15, 0.2) is 72.8 Å². The molecule has 0 saturated heterocycles. The van der Waals surface area contributed by atoms with Crippen LogP contribution in [0.5, 0.6) is 0 Å². The largest absolute Gasteiger partial charge is 0.346 e. The number of anilines is 1. The number of carbonyl (C=O) groups is 1. The SMILES string of the molecule is CCc1ccc([C@H](C)NC(=O)c2ccc(N(Cc3ccc(C)cc3)S(C)(=O)=O)cc2)cc1. The van der Waals surface area contributed by atoms with E-state index in [0.29, 0.717) is 11.3 Å². The Kier molecular flexibility index (Phi) is 7.36. The molecule has 0 aliphatic carbocycles. The average molecular weight is 451 g/mol. The fraction of sp³-hybridized carbons (Fsp3) is 0.269. The summed E-state index contributed by atoms with van der Waals surface area (Å²) in [5.74, 6) is -0.201. The molecule has 0 aromatic heterocycles. The van der Waals surface area contributed by atoms with E-state index in [1.165, 1.54) is 16.1 Å². The average Bonchev–Trinajstić information content (AvgIpc) is 2.78. The Balaban J connectivity index is 1.73. The number of hydrogen-bond acceptors (Lipinski definition) is 3. The molecule has 0 aliphatic rings. The molecule has 3 aromatic carbocycles. The van der Waals surface area contributed by atoms with Gasteiger partial charge < -0.3 is 5.32 Å². The molecule has 0 radical (unpaired) electrons. The Morgan fingerprint density at radius 3 is 2.00 bits per heavy atom. The lowest BCUT2D eigenvalue weighted by Crippen LogP contribution is -2.29. The van der Waals surface area contributed by atoms with Gasteiger partial charge in [-0.1, -0.05) is 61.0 Å². The zero-order valence-electron chi connectivity index (χ0n) is 19.0. The van der Waals surface area contributed by atoms with Gasteiger partial charge in [-0.25, -0.2) is 8.42 Å². The molecule has 32 heavy (non-hydrogen) atoms. The third-order valence-electron chi connectivity index (χ3n) is 5.50. The number of carbonyl (C=O) groups excluding carboxylic acids is 1. The van der Waals surface area contributed by atoms with E-state index in [1.807, 2.05) is 50.2 Å². The van der Waals surface area contributed by atoms with Crippen molar-refractivity contribution in [3.63, 3.8) is 0 Å². The molecule has 3 aromatic rings. The summed E-state index contributed by atoms with van der Waals surface area (Å²) in [7, 11) is -3.49. The Hall–Kier alpha value is -3.12. The maximum absolute atomic E-state index is 12.7. The van der Waals surface area contributed by atoms with Crippen LogP contribution in [0, 0.1) is 6.92 Å². The molecule has 1 atom stereocenters. The Bertz CT molecular complexity index is 1150. The molecule has 0 bridgehead atoms. The molecule has 0 heterocycles. The summed E-state index contributed by atoms with van der Waals surface area (Å²) in [4.78, 5) is 12.7. The topological polar surface area (TPSA) is 66.5 Å². The molecular weight excluding hydrogens is 420 g/mol. The summed E-state index contributed by atoms with van der Waals surface area (Å²) in [5, 5.41) is 3.00. The second-order valence-corrected chi connectivity index (χ2v) is 10.00. The van der Waals surface area contributed by atoms with Gasteiger partial charge in [0.05, 0.1) is 24.5 Å². The standard InChI is InChI=1S/C26H30N2O3S/c1-5-21-10-12-23(13-11-21)20(3)27-26(29)24-14-16-25(17-15-24)28(32(4,30)31)18-22-8-6-19(2)7-9-22/h6-17,20H,5,18H2,1-4H3,(H,27,29)/t20-/m0/s1. The number of sulfonamides is 1. The molecule has 0 spiro atoms. The fourth-order valence-electron chi connectivity index (χ4n) is 3.44. The van der Waals surface area contributed by atoms with Gasteiger partial charge in [0.15, 0.2) is 0 Å². The zero-order chi connectivity index (χ0) is 23.3. The summed E-state index contributed by atoms with van der Waals surface area (Å²) in [5.41, 5.74) is 5.30. The normalized spacial score (nSPS) is 12.2. The Morgan fingerprint density at radius 2 is 1.47 bits per heavy atom. The number of rotatable bonds is 8.